The average molecular weight is 470 g/mol. The number of guanidine groups is 2. The Kier molecular flexibility index (Phi) is 8.37. The van der Waals surface area contributed by atoms with E-state index in [9.17, 15) is 0 Å². The molecule has 0 bridgehead atoms. The molecule has 0 aliphatic carbocycles. The van der Waals surface area contributed by atoms with Gasteiger partial charge >= 0.3 is 0 Å². The molecule has 150 valence electrons. The Morgan fingerprint density at radius 1 is 0.655 bits per heavy atom. The van der Waals surface area contributed by atoms with Gasteiger partial charge in [-0.1, -0.05) is 54.6 Å². The first-order valence-electron chi connectivity index (χ1n) is 9.07. The molecule has 5 nitrogen and oxygen atoms in total. The summed E-state index contributed by atoms with van der Waals surface area (Å²) >= 11 is 0. The Bertz CT molecular complexity index is 846. The van der Waals surface area contributed by atoms with Crippen LogP contribution in [0.1, 0.15) is 0 Å². The summed E-state index contributed by atoms with van der Waals surface area (Å²) < 4.78 is 0. The number of benzene rings is 3. The van der Waals surface area contributed by atoms with Crippen molar-refractivity contribution >= 4 is 35.1 Å². The van der Waals surface area contributed by atoms with Gasteiger partial charge < -0.3 is 34.2 Å². The lowest BCUT2D eigenvalue weighted by molar-refractivity contribution is -0.00000607. The first-order valence-corrected chi connectivity index (χ1v) is 11.0. The molecular formula is C22H25BrN5P. The maximum atomic E-state index is 5.83. The van der Waals surface area contributed by atoms with Gasteiger partial charge in [0.1, 0.15) is 23.2 Å². The van der Waals surface area contributed by atoms with Gasteiger partial charge in [0, 0.05) is 0 Å². The predicted molar refractivity (Wildman–Crippen MR) is 122 cm³/mol. The molecule has 0 saturated carbocycles. The van der Waals surface area contributed by atoms with Crippen molar-refractivity contribution in [3.05, 3.63) is 91.0 Å². The number of nitrogens with zero attached hydrogens (tertiary/aromatic N) is 2. The molecule has 0 saturated heterocycles. The van der Waals surface area contributed by atoms with Crippen molar-refractivity contribution in [2.45, 2.75) is 0 Å². The van der Waals surface area contributed by atoms with Crippen LogP contribution in [0.15, 0.2) is 101 Å². The molecule has 0 amide bonds. The minimum atomic E-state index is -1.92. The molecule has 0 aliphatic heterocycles. The van der Waals surface area contributed by atoms with E-state index in [4.69, 9.17) is 17.2 Å². The average Bonchev–Trinajstić information content (AvgIpc) is 2.73. The predicted octanol–water partition coefficient (Wildman–Crippen LogP) is -1.43. The van der Waals surface area contributed by atoms with Crippen LogP contribution >= 0.6 is 7.26 Å². The summed E-state index contributed by atoms with van der Waals surface area (Å²) in [5.74, 6) is 0.0174. The van der Waals surface area contributed by atoms with E-state index in [1.54, 1.807) is 0 Å². The summed E-state index contributed by atoms with van der Waals surface area (Å²) in [4.78, 5) is 8.23. The van der Waals surface area contributed by atoms with E-state index in [0.717, 1.165) is 6.16 Å². The molecule has 0 spiro atoms. The zero-order valence-electron chi connectivity index (χ0n) is 16.0. The number of nitrogens with two attached hydrogens (primary N) is 3. The SMILES string of the molecule is NC(N)=NC(N)=NCC[P+](c1ccccc1)(c1ccccc1)c1ccccc1.[Br-]. The summed E-state index contributed by atoms with van der Waals surface area (Å²) in [6.07, 6.45) is 0.825. The Labute approximate surface area is 182 Å². The minimum absolute atomic E-state index is 0. The summed E-state index contributed by atoms with van der Waals surface area (Å²) in [5, 5.41) is 3.93. The molecule has 0 unspecified atom stereocenters. The van der Waals surface area contributed by atoms with Crippen LogP contribution in [0.4, 0.5) is 0 Å². The number of halogens is 1. The second-order valence-electron chi connectivity index (χ2n) is 6.32. The van der Waals surface area contributed by atoms with Crippen molar-refractivity contribution in [1.82, 2.24) is 0 Å². The molecule has 0 heterocycles. The summed E-state index contributed by atoms with van der Waals surface area (Å²) in [5.41, 5.74) is 16.6. The Morgan fingerprint density at radius 3 is 1.38 bits per heavy atom. The van der Waals surface area contributed by atoms with Crippen molar-refractivity contribution in [2.24, 2.45) is 27.2 Å². The molecule has 0 aliphatic rings. The third kappa shape index (κ3) is 5.43. The largest absolute Gasteiger partial charge is 1.00 e. The topological polar surface area (TPSA) is 103 Å². The molecule has 7 heteroatoms. The van der Waals surface area contributed by atoms with Crippen LogP contribution in [0.25, 0.3) is 0 Å². The fourth-order valence-electron chi connectivity index (χ4n) is 3.36. The molecule has 0 atom stereocenters. The molecule has 3 rings (SSSR count). The molecular weight excluding hydrogens is 445 g/mol. The smallest absolute Gasteiger partial charge is 0.218 e. The van der Waals surface area contributed by atoms with Crippen LogP contribution in [0.5, 0.6) is 0 Å². The first kappa shape index (κ1) is 22.6. The lowest BCUT2D eigenvalue weighted by Gasteiger charge is -2.27. The van der Waals surface area contributed by atoms with Crippen LogP contribution in [-0.2, 0) is 0 Å². The van der Waals surface area contributed by atoms with Crippen molar-refractivity contribution in [3.8, 4) is 0 Å². The van der Waals surface area contributed by atoms with Crippen molar-refractivity contribution in [3.63, 3.8) is 0 Å². The Balaban J connectivity index is 0.00000300. The molecule has 3 aromatic carbocycles. The van der Waals surface area contributed by atoms with Gasteiger partial charge in [-0.3, -0.25) is 0 Å². The lowest BCUT2D eigenvalue weighted by atomic mass is 10.4. The van der Waals surface area contributed by atoms with E-state index in [1.165, 1.54) is 15.9 Å². The Hall–Kier alpha value is -2.69. The molecule has 3 aromatic rings. The number of hydrogen-bond donors (Lipinski definition) is 3. The highest BCUT2D eigenvalue weighted by atomic mass is 79.9. The van der Waals surface area contributed by atoms with Crippen molar-refractivity contribution in [2.75, 3.05) is 12.7 Å². The third-order valence-electron chi connectivity index (χ3n) is 4.54. The fourth-order valence-corrected chi connectivity index (χ4v) is 7.48. The quantitative estimate of drug-likeness (QED) is 0.234. The normalized spacial score (nSPS) is 11.4. The second-order valence-corrected chi connectivity index (χ2v) is 9.93. The van der Waals surface area contributed by atoms with Crippen molar-refractivity contribution < 1.29 is 17.0 Å². The van der Waals surface area contributed by atoms with Gasteiger partial charge in [-0.15, -0.1) is 0 Å². The third-order valence-corrected chi connectivity index (χ3v) is 8.95. The van der Waals surface area contributed by atoms with Gasteiger partial charge in [0.15, 0.2) is 5.96 Å². The molecule has 29 heavy (non-hydrogen) atoms. The van der Waals surface area contributed by atoms with Crippen LogP contribution in [-0.4, -0.2) is 24.6 Å². The zero-order chi connectivity index (χ0) is 19.8. The van der Waals surface area contributed by atoms with E-state index in [-0.39, 0.29) is 28.9 Å². The zero-order valence-corrected chi connectivity index (χ0v) is 18.5. The van der Waals surface area contributed by atoms with Crippen molar-refractivity contribution in [1.29, 1.82) is 0 Å². The highest BCUT2D eigenvalue weighted by Gasteiger charge is 2.44. The van der Waals surface area contributed by atoms with E-state index >= 15 is 0 Å². The number of aliphatic imine (C=N–C) groups is 2. The van der Waals surface area contributed by atoms with E-state index < -0.39 is 7.26 Å². The van der Waals surface area contributed by atoms with Gasteiger partial charge in [-0.25, -0.2) is 4.99 Å². The highest BCUT2D eigenvalue weighted by Crippen LogP contribution is 2.54. The monoisotopic (exact) mass is 469 g/mol. The van der Waals surface area contributed by atoms with Gasteiger partial charge in [-0.05, 0) is 36.4 Å². The first-order chi connectivity index (χ1) is 13.6. The lowest BCUT2D eigenvalue weighted by Crippen LogP contribution is -3.00. The summed E-state index contributed by atoms with van der Waals surface area (Å²) in [6, 6.07) is 31.9. The summed E-state index contributed by atoms with van der Waals surface area (Å²) in [7, 11) is -1.92. The van der Waals surface area contributed by atoms with Crippen LogP contribution in [0.2, 0.25) is 0 Å². The standard InChI is InChI=1S/C22H25N5P.BrH/c23-21(24)27-22(25)26-16-17-28(18-10-4-1-5-11-18,19-12-6-2-7-13-19)20-14-8-3-9-15-20;/h1-15H,16-17H2,(H6,23,24,25,26,27);1H/q+1;/p-1. The number of hydrogen-bond acceptors (Lipinski definition) is 1. The second kappa shape index (κ2) is 10.7. The highest BCUT2D eigenvalue weighted by molar-refractivity contribution is 7.95. The van der Waals surface area contributed by atoms with Crippen LogP contribution in [0, 0.1) is 0 Å². The molecule has 0 fully saturated rings. The molecule has 6 N–H and O–H groups in total. The molecule has 0 aromatic heterocycles. The van der Waals surface area contributed by atoms with Crippen LogP contribution < -0.4 is 50.1 Å². The van der Waals surface area contributed by atoms with E-state index in [2.05, 4.69) is 82.8 Å². The van der Waals surface area contributed by atoms with Gasteiger partial charge in [-0.2, -0.15) is 4.99 Å². The van der Waals surface area contributed by atoms with Gasteiger partial charge in [0.25, 0.3) is 0 Å². The maximum absolute atomic E-state index is 5.83. The van der Waals surface area contributed by atoms with Gasteiger partial charge in [0.2, 0.25) is 5.96 Å². The number of rotatable bonds is 6. The summed E-state index contributed by atoms with van der Waals surface area (Å²) in [6.45, 7) is 0.523. The van der Waals surface area contributed by atoms with E-state index in [0.29, 0.717) is 6.54 Å². The molecule has 0 radical (unpaired) electrons. The maximum Gasteiger partial charge on any atom is 0.218 e. The minimum Gasteiger partial charge on any atom is -1.00 e. The fraction of sp³-hybridized carbons (Fsp3) is 0.0909. The van der Waals surface area contributed by atoms with Gasteiger partial charge in [0.05, 0.1) is 12.7 Å². The van der Waals surface area contributed by atoms with Crippen LogP contribution in [0.3, 0.4) is 0 Å². The van der Waals surface area contributed by atoms with E-state index in [1.807, 2.05) is 18.2 Å². The Morgan fingerprint density at radius 2 is 1.03 bits per heavy atom.